The number of carbonyl (C=O) groups excluding carboxylic acids is 1. The molecule has 1 aliphatic heterocycles. The Morgan fingerprint density at radius 1 is 0.950 bits per heavy atom. The van der Waals surface area contributed by atoms with E-state index in [0.29, 0.717) is 12.4 Å². The first-order chi connectivity index (χ1) is 19.6. The molecule has 1 saturated carbocycles. The highest BCUT2D eigenvalue weighted by atomic mass is 16.5. The molecule has 0 radical (unpaired) electrons. The van der Waals surface area contributed by atoms with Crippen LogP contribution in [0.3, 0.4) is 0 Å². The van der Waals surface area contributed by atoms with Gasteiger partial charge in [-0.3, -0.25) is 9.20 Å². The van der Waals surface area contributed by atoms with E-state index >= 15 is 0 Å². The van der Waals surface area contributed by atoms with Crippen LogP contribution in [0.15, 0.2) is 73.1 Å². The first-order valence-corrected chi connectivity index (χ1v) is 14.1. The molecule has 0 bridgehead atoms. The van der Waals surface area contributed by atoms with E-state index in [9.17, 15) is 4.79 Å². The fraction of sp³-hybridized carbons (Fsp3) is 0.312. The van der Waals surface area contributed by atoms with E-state index in [-0.39, 0.29) is 24.0 Å². The molecule has 4 heterocycles. The number of nitrogen functional groups attached to an aromatic ring is 1. The first kappa shape index (κ1) is 24.7. The van der Waals surface area contributed by atoms with E-state index in [1.54, 1.807) is 6.20 Å². The van der Waals surface area contributed by atoms with Crippen LogP contribution in [-0.4, -0.2) is 44.0 Å². The van der Waals surface area contributed by atoms with Gasteiger partial charge in [0.25, 0.3) is 0 Å². The lowest BCUT2D eigenvalue weighted by molar-refractivity contribution is -0.131. The summed E-state index contributed by atoms with van der Waals surface area (Å²) in [6.07, 6.45) is 8.89. The van der Waals surface area contributed by atoms with Crippen LogP contribution in [0.2, 0.25) is 0 Å². The van der Waals surface area contributed by atoms with Crippen LogP contribution in [0.1, 0.15) is 50.3 Å². The molecule has 1 amide bonds. The van der Waals surface area contributed by atoms with Gasteiger partial charge in [-0.1, -0.05) is 48.5 Å². The minimum Gasteiger partial charge on any atom is -0.382 e. The highest BCUT2D eigenvalue weighted by molar-refractivity contribution is 5.91. The Bertz CT molecular complexity index is 1680. The number of imidazole rings is 1. The zero-order chi connectivity index (χ0) is 27.1. The summed E-state index contributed by atoms with van der Waals surface area (Å²) < 4.78 is 7.66. The number of fused-ring (bicyclic) bond motifs is 2. The average molecular weight is 533 g/mol. The Morgan fingerprint density at radius 2 is 1.77 bits per heavy atom. The van der Waals surface area contributed by atoms with Crippen molar-refractivity contribution in [2.24, 2.45) is 0 Å². The second kappa shape index (κ2) is 10.4. The molecular formula is C32H32N6O2. The van der Waals surface area contributed by atoms with Crippen molar-refractivity contribution in [3.8, 4) is 22.5 Å². The number of hydrogen-bond donors (Lipinski definition) is 2. The molecule has 202 valence electrons. The topological polar surface area (TPSA) is 107 Å². The van der Waals surface area contributed by atoms with Crippen molar-refractivity contribution < 1.29 is 9.53 Å². The van der Waals surface area contributed by atoms with E-state index in [1.807, 2.05) is 24.4 Å². The van der Waals surface area contributed by atoms with Gasteiger partial charge in [-0.2, -0.15) is 0 Å². The highest BCUT2D eigenvalue weighted by Crippen LogP contribution is 2.37. The molecule has 7 rings (SSSR count). The molecule has 1 saturated heterocycles. The van der Waals surface area contributed by atoms with Crippen molar-refractivity contribution in [2.45, 2.75) is 56.6 Å². The molecule has 2 fully saturated rings. The van der Waals surface area contributed by atoms with E-state index in [0.717, 1.165) is 83.3 Å². The minimum absolute atomic E-state index is 0.0358. The molecule has 2 aliphatic rings. The smallest absolute Gasteiger partial charge is 0.249 e. The summed E-state index contributed by atoms with van der Waals surface area (Å²) >= 11 is 0. The number of nitrogens with two attached hydrogens (primary N) is 1. The molecular weight excluding hydrogens is 500 g/mol. The number of aromatic nitrogens is 4. The van der Waals surface area contributed by atoms with Gasteiger partial charge in [0.1, 0.15) is 29.0 Å². The van der Waals surface area contributed by atoms with Crippen LogP contribution in [-0.2, 0) is 9.53 Å². The molecule has 2 aromatic carbocycles. The number of pyridine rings is 1. The Labute approximate surface area is 232 Å². The molecule has 8 heteroatoms. The second-order valence-electron chi connectivity index (χ2n) is 10.9. The molecule has 3 aromatic heterocycles. The van der Waals surface area contributed by atoms with Gasteiger partial charge >= 0.3 is 0 Å². The number of carbonyl (C=O) groups is 1. The van der Waals surface area contributed by atoms with E-state index in [2.05, 4.69) is 57.2 Å². The van der Waals surface area contributed by atoms with Crippen molar-refractivity contribution in [3.05, 3.63) is 78.9 Å². The molecule has 1 atom stereocenters. The monoisotopic (exact) mass is 532 g/mol. The van der Waals surface area contributed by atoms with Crippen LogP contribution in [0.4, 0.5) is 5.82 Å². The van der Waals surface area contributed by atoms with Gasteiger partial charge in [-0.05, 0) is 50.7 Å². The maximum atomic E-state index is 12.6. The Balaban J connectivity index is 1.19. The number of anilines is 1. The zero-order valence-corrected chi connectivity index (χ0v) is 22.3. The number of hydrogen-bond acceptors (Lipinski definition) is 6. The van der Waals surface area contributed by atoms with Crippen LogP contribution >= 0.6 is 0 Å². The summed E-state index contributed by atoms with van der Waals surface area (Å²) in [5, 5.41) is 4.29. The summed E-state index contributed by atoms with van der Waals surface area (Å²) in [7, 11) is 0. The van der Waals surface area contributed by atoms with Crippen LogP contribution in [0.25, 0.3) is 38.9 Å². The summed E-state index contributed by atoms with van der Waals surface area (Å²) in [6.45, 7) is 0.680. The third kappa shape index (κ3) is 4.58. The van der Waals surface area contributed by atoms with Crippen LogP contribution < -0.4 is 11.1 Å². The Kier molecular flexibility index (Phi) is 6.40. The van der Waals surface area contributed by atoms with Crippen molar-refractivity contribution in [2.75, 3.05) is 12.3 Å². The lowest BCUT2D eigenvalue weighted by Gasteiger charge is -2.29. The maximum absolute atomic E-state index is 12.6. The lowest BCUT2D eigenvalue weighted by Crippen LogP contribution is -2.42. The van der Waals surface area contributed by atoms with E-state index in [1.165, 1.54) is 0 Å². The SMILES string of the molecule is Nc1nccn2c(C3CCC(NC(=O)C4CCCO4)CC3)nc(-c3ccc4ccc(-c5ccccc5)nc4c3)c12. The second-order valence-corrected chi connectivity index (χ2v) is 10.9. The standard InChI is InChI=1S/C32H32N6O2/c33-30-29-28(23-9-8-21-12-15-25(36-26(21)19-23)20-5-2-1-3-6-20)37-31(38(29)17-16-34-30)22-10-13-24(14-11-22)35-32(39)27-7-4-18-40-27/h1-3,5-6,8-9,12,15-17,19,22,24,27H,4,7,10-11,13-14,18H2,(H2,33,34)(H,35,39). The fourth-order valence-electron chi connectivity index (χ4n) is 6.19. The molecule has 3 N–H and O–H groups in total. The predicted octanol–water partition coefficient (Wildman–Crippen LogP) is 5.52. The van der Waals surface area contributed by atoms with E-state index in [4.69, 9.17) is 20.4 Å². The Morgan fingerprint density at radius 3 is 2.58 bits per heavy atom. The zero-order valence-electron chi connectivity index (χ0n) is 22.3. The summed E-state index contributed by atoms with van der Waals surface area (Å²) in [5.74, 6) is 1.75. The van der Waals surface area contributed by atoms with Gasteiger partial charge in [0.2, 0.25) is 5.91 Å². The van der Waals surface area contributed by atoms with Gasteiger partial charge in [0, 0.05) is 47.5 Å². The van der Waals surface area contributed by atoms with Crippen LogP contribution in [0.5, 0.6) is 0 Å². The number of rotatable bonds is 5. The van der Waals surface area contributed by atoms with Crippen molar-refractivity contribution >= 4 is 28.1 Å². The summed E-state index contributed by atoms with van der Waals surface area (Å²) in [5.41, 5.74) is 12.0. The van der Waals surface area contributed by atoms with Gasteiger partial charge in [0.15, 0.2) is 0 Å². The highest BCUT2D eigenvalue weighted by Gasteiger charge is 2.30. The molecule has 1 unspecified atom stereocenters. The fourth-order valence-corrected chi connectivity index (χ4v) is 6.19. The molecule has 0 spiro atoms. The van der Waals surface area contributed by atoms with Gasteiger partial charge in [-0.15, -0.1) is 0 Å². The molecule has 5 aromatic rings. The van der Waals surface area contributed by atoms with Gasteiger partial charge < -0.3 is 15.8 Å². The van der Waals surface area contributed by atoms with Gasteiger partial charge in [-0.25, -0.2) is 15.0 Å². The van der Waals surface area contributed by atoms with E-state index < -0.39 is 0 Å². The summed E-state index contributed by atoms with van der Waals surface area (Å²) in [4.78, 5) is 27.1. The summed E-state index contributed by atoms with van der Waals surface area (Å²) in [6, 6.07) is 20.8. The molecule has 1 aliphatic carbocycles. The largest absolute Gasteiger partial charge is 0.382 e. The van der Waals surface area contributed by atoms with Gasteiger partial charge in [0.05, 0.1) is 11.2 Å². The maximum Gasteiger partial charge on any atom is 0.249 e. The minimum atomic E-state index is -0.285. The third-order valence-corrected chi connectivity index (χ3v) is 8.31. The predicted molar refractivity (Wildman–Crippen MR) is 156 cm³/mol. The Hall–Kier alpha value is -4.30. The number of ether oxygens (including phenoxy) is 1. The molecule has 40 heavy (non-hydrogen) atoms. The number of benzene rings is 2. The number of nitrogens with zero attached hydrogens (tertiary/aromatic N) is 4. The normalized spacial score (nSPS) is 21.1. The number of amides is 1. The number of nitrogens with one attached hydrogen (secondary N) is 1. The lowest BCUT2D eigenvalue weighted by atomic mass is 9.85. The average Bonchev–Trinajstić information content (AvgIpc) is 3.67. The van der Waals surface area contributed by atoms with Crippen molar-refractivity contribution in [3.63, 3.8) is 0 Å². The first-order valence-electron chi connectivity index (χ1n) is 14.1. The molecule has 8 nitrogen and oxygen atoms in total. The third-order valence-electron chi connectivity index (χ3n) is 8.31. The van der Waals surface area contributed by atoms with Crippen LogP contribution in [0, 0.1) is 0 Å². The van der Waals surface area contributed by atoms with Crippen molar-refractivity contribution in [1.29, 1.82) is 0 Å². The quantitative estimate of drug-likeness (QED) is 0.309. The van der Waals surface area contributed by atoms with Crippen molar-refractivity contribution in [1.82, 2.24) is 24.7 Å².